The maximum atomic E-state index is 13.0. The van der Waals surface area contributed by atoms with E-state index in [9.17, 15) is 24.5 Å². The van der Waals surface area contributed by atoms with Crippen molar-refractivity contribution in [1.82, 2.24) is 20.1 Å². The van der Waals surface area contributed by atoms with E-state index in [4.69, 9.17) is 9.47 Å². The number of hydrogen-bond donors (Lipinski definition) is 0. The fourth-order valence-corrected chi connectivity index (χ4v) is 4.75. The molecule has 0 saturated carbocycles. The molecule has 13 heteroatoms. The predicted octanol–water partition coefficient (Wildman–Crippen LogP) is 2.12. The Kier molecular flexibility index (Phi) is 6.28. The molecule has 1 aromatic carbocycles. The number of benzene rings is 1. The molecule has 2 aliphatic rings. The Morgan fingerprint density at radius 2 is 1.91 bits per heavy atom. The number of thioether (sulfide) groups is 1. The van der Waals surface area contributed by atoms with E-state index in [-0.39, 0.29) is 23.8 Å². The second-order valence-electron chi connectivity index (χ2n) is 7.63. The van der Waals surface area contributed by atoms with E-state index in [1.54, 1.807) is 13.8 Å². The minimum absolute atomic E-state index is 0.0684. The minimum atomic E-state index is -1.05. The molecule has 12 nitrogen and oxygen atoms in total. The molecule has 3 atom stereocenters. The van der Waals surface area contributed by atoms with Gasteiger partial charge in [-0.2, -0.15) is 5.10 Å². The summed E-state index contributed by atoms with van der Waals surface area (Å²) >= 11 is 1.22. The highest BCUT2D eigenvalue weighted by molar-refractivity contribution is 8.03. The number of rotatable bonds is 7. The van der Waals surface area contributed by atoms with Crippen LogP contribution in [-0.2, 0) is 30.5 Å². The van der Waals surface area contributed by atoms with Crippen LogP contribution in [0, 0.1) is 29.9 Å². The topological polar surface area (TPSA) is 155 Å². The van der Waals surface area contributed by atoms with Crippen molar-refractivity contribution in [1.29, 1.82) is 0 Å². The lowest BCUT2D eigenvalue weighted by Crippen LogP contribution is -2.60. The van der Waals surface area contributed by atoms with Crippen LogP contribution in [0.15, 0.2) is 35.4 Å². The Hall–Kier alpha value is -3.87. The zero-order valence-electron chi connectivity index (χ0n) is 18.3. The molecule has 1 aromatic heterocycles. The first-order chi connectivity index (χ1) is 16.2. The molecule has 0 spiro atoms. The molecule has 0 radical (unpaired) electrons. The smallest absolute Gasteiger partial charge is 0.355 e. The largest absolute Gasteiger partial charge is 0.456 e. The zero-order valence-corrected chi connectivity index (χ0v) is 19.1. The van der Waals surface area contributed by atoms with Gasteiger partial charge in [-0.25, -0.2) is 9.78 Å². The van der Waals surface area contributed by atoms with Gasteiger partial charge in [0.05, 0.1) is 16.3 Å². The van der Waals surface area contributed by atoms with Crippen LogP contribution >= 0.6 is 11.8 Å². The van der Waals surface area contributed by atoms with E-state index in [0.29, 0.717) is 17.0 Å². The molecule has 0 N–H and O–H groups in total. The van der Waals surface area contributed by atoms with E-state index in [0.717, 1.165) is 0 Å². The first-order valence-corrected chi connectivity index (χ1v) is 11.1. The number of nitro benzene ring substituents is 1. The number of amides is 1. The van der Waals surface area contributed by atoms with Crippen LogP contribution in [0.5, 0.6) is 0 Å². The molecule has 3 heterocycles. The zero-order chi connectivity index (χ0) is 24.6. The van der Waals surface area contributed by atoms with Crippen LogP contribution < -0.4 is 0 Å². The van der Waals surface area contributed by atoms with E-state index in [1.165, 1.54) is 53.3 Å². The number of carbonyl (C=O) groups excluding carboxylic acids is 3. The van der Waals surface area contributed by atoms with Crippen LogP contribution in [0.1, 0.15) is 35.8 Å². The van der Waals surface area contributed by atoms with Crippen LogP contribution in [0.25, 0.3) is 0 Å². The van der Waals surface area contributed by atoms with Crippen molar-refractivity contribution in [3.05, 3.63) is 68.3 Å². The van der Waals surface area contributed by atoms with E-state index in [2.05, 4.69) is 15.2 Å². The predicted molar refractivity (Wildman–Crippen MR) is 116 cm³/mol. The third-order valence-electron chi connectivity index (χ3n) is 5.37. The lowest BCUT2D eigenvalue weighted by atomic mass is 9.90. The molecule has 34 heavy (non-hydrogen) atoms. The van der Waals surface area contributed by atoms with E-state index >= 15 is 0 Å². The number of carbonyl (C=O) groups is 3. The number of ether oxygens (including phenoxy) is 2. The van der Waals surface area contributed by atoms with Crippen LogP contribution in [0.4, 0.5) is 5.69 Å². The third kappa shape index (κ3) is 4.33. The summed E-state index contributed by atoms with van der Waals surface area (Å²) in [7, 11) is 0. The Morgan fingerprint density at radius 1 is 1.21 bits per heavy atom. The average Bonchev–Trinajstić information content (AvgIpc) is 3.18. The lowest BCUT2D eigenvalue weighted by Gasteiger charge is -2.44. The van der Waals surface area contributed by atoms with Crippen LogP contribution in [-0.4, -0.2) is 48.2 Å². The maximum Gasteiger partial charge on any atom is 0.355 e. The number of hydrogen-bond acceptors (Lipinski definition) is 11. The molecule has 4 rings (SSSR count). The molecular weight excluding hydrogens is 466 g/mol. The maximum absolute atomic E-state index is 13.0. The normalized spacial score (nSPS) is 19.6. The first kappa shape index (κ1) is 23.3. The van der Waals surface area contributed by atoms with Gasteiger partial charge in [-0.1, -0.05) is 0 Å². The van der Waals surface area contributed by atoms with Gasteiger partial charge in [-0.3, -0.25) is 24.6 Å². The summed E-state index contributed by atoms with van der Waals surface area (Å²) in [6.07, 6.45) is -1.05. The lowest BCUT2D eigenvalue weighted by molar-refractivity contribution is -0.384. The number of aryl methyl sites for hydroxylation is 2. The summed E-state index contributed by atoms with van der Waals surface area (Å²) in [4.78, 5) is 53.2. The molecule has 1 fully saturated rings. The molecule has 0 bridgehead atoms. The molecule has 2 aliphatic heterocycles. The average molecular weight is 485 g/mol. The quantitative estimate of drug-likeness (QED) is 0.245. The summed E-state index contributed by atoms with van der Waals surface area (Å²) in [6, 6.07) is 5.59. The van der Waals surface area contributed by atoms with Crippen molar-refractivity contribution in [2.24, 2.45) is 5.92 Å². The third-order valence-corrected chi connectivity index (χ3v) is 6.51. The molecule has 1 amide bonds. The van der Waals surface area contributed by atoms with Crippen molar-refractivity contribution >= 4 is 35.3 Å². The molecule has 1 saturated heterocycles. The summed E-state index contributed by atoms with van der Waals surface area (Å²) in [5.41, 5.74) is 1.76. The molecule has 176 valence electrons. The highest BCUT2D eigenvalue weighted by Crippen LogP contribution is 2.50. The number of esters is 2. The van der Waals surface area contributed by atoms with Crippen molar-refractivity contribution in [2.45, 2.75) is 38.9 Å². The van der Waals surface area contributed by atoms with E-state index < -0.39 is 40.2 Å². The van der Waals surface area contributed by atoms with Crippen molar-refractivity contribution < 1.29 is 28.8 Å². The summed E-state index contributed by atoms with van der Waals surface area (Å²) in [5, 5.41) is 19.8. The van der Waals surface area contributed by atoms with Crippen LogP contribution in [0.2, 0.25) is 0 Å². The Morgan fingerprint density at radius 3 is 2.53 bits per heavy atom. The fraction of sp³-hybridized carbons (Fsp3) is 0.333. The number of fused-ring (bicyclic) bond motifs is 1. The van der Waals surface area contributed by atoms with Crippen molar-refractivity contribution in [2.75, 3.05) is 0 Å². The number of nitrogens with zero attached hydrogens (tertiary/aromatic N) is 5. The highest BCUT2D eigenvalue weighted by Gasteiger charge is 2.59. The summed E-state index contributed by atoms with van der Waals surface area (Å²) in [5.74, 6) is -2.42. The van der Waals surface area contributed by atoms with Gasteiger partial charge in [0.1, 0.15) is 23.6 Å². The summed E-state index contributed by atoms with van der Waals surface area (Å²) in [6.45, 7) is 4.58. The van der Waals surface area contributed by atoms with Gasteiger partial charge in [0.15, 0.2) is 11.9 Å². The SMILES string of the molecule is CC(=O)OC(c1nnc(C)c(C)n1)C1C(=O)N2C(C(=O)OCc3ccc([N+](=O)[O-])cc3)=CS[C@H]12. The fourth-order valence-electron chi connectivity index (χ4n) is 3.50. The number of β-lactam (4-membered cyclic amide) rings is 1. The number of nitro groups is 1. The van der Waals surface area contributed by atoms with Gasteiger partial charge in [-0.05, 0) is 31.5 Å². The Bertz CT molecular complexity index is 1220. The molecular formula is C21H19N5O7S. The second kappa shape index (κ2) is 9.17. The Labute approximate surface area is 197 Å². The molecule has 2 aromatic rings. The Balaban J connectivity index is 1.44. The summed E-state index contributed by atoms with van der Waals surface area (Å²) < 4.78 is 10.7. The molecule has 0 aliphatic carbocycles. The van der Waals surface area contributed by atoms with Gasteiger partial charge >= 0.3 is 11.9 Å². The van der Waals surface area contributed by atoms with Crippen LogP contribution in [0.3, 0.4) is 0 Å². The minimum Gasteiger partial charge on any atom is -0.456 e. The molecule has 2 unspecified atom stereocenters. The van der Waals surface area contributed by atoms with E-state index in [1.807, 2.05) is 0 Å². The van der Waals surface area contributed by atoms with Crippen molar-refractivity contribution in [3.63, 3.8) is 0 Å². The van der Waals surface area contributed by atoms with Gasteiger partial charge in [0, 0.05) is 24.5 Å². The van der Waals surface area contributed by atoms with Gasteiger partial charge < -0.3 is 9.47 Å². The monoisotopic (exact) mass is 485 g/mol. The van der Waals surface area contributed by atoms with Gasteiger partial charge in [0.25, 0.3) is 5.69 Å². The second-order valence-corrected chi connectivity index (χ2v) is 8.63. The number of non-ortho nitro benzene ring substituents is 1. The standard InChI is InChI=1S/C21H19N5O7S/c1-10-11(2)23-24-18(22-10)17(33-12(3)27)16-19(28)25-15(9-34-20(16)25)21(29)32-8-13-4-6-14(7-5-13)26(30)31/h4-7,9,16-17,20H,8H2,1-3H3/t16?,17?,20-/m1/s1. The highest BCUT2D eigenvalue weighted by atomic mass is 32.2. The van der Waals surface area contributed by atoms with Gasteiger partial charge in [-0.15, -0.1) is 16.9 Å². The number of aromatic nitrogens is 3. The van der Waals surface area contributed by atoms with Gasteiger partial charge in [0.2, 0.25) is 5.91 Å². The van der Waals surface area contributed by atoms with Crippen molar-refractivity contribution in [3.8, 4) is 0 Å². The first-order valence-electron chi connectivity index (χ1n) is 10.1.